The van der Waals surface area contributed by atoms with Crippen molar-refractivity contribution in [2.45, 2.75) is 96.5 Å². The number of ether oxygens (including phenoxy) is 2. The molecule has 0 saturated carbocycles. The standard InChI is InChI=1S/C22H32O3/c1-6-7-8-9-10-21(2,3)16-12-17-20-15(11-19(23)24-17)14-22(4,5)25-18(20)13-16/h12-13,15H,6-11,14H2,1-5H3. The Hall–Kier alpha value is -1.51. The molecular formula is C22H32O3. The Morgan fingerprint density at radius 1 is 1.16 bits per heavy atom. The van der Waals surface area contributed by atoms with E-state index in [1.807, 2.05) is 0 Å². The minimum atomic E-state index is -0.240. The molecule has 25 heavy (non-hydrogen) atoms. The zero-order chi connectivity index (χ0) is 18.2. The molecule has 0 radical (unpaired) electrons. The van der Waals surface area contributed by atoms with E-state index in [0.29, 0.717) is 6.42 Å². The van der Waals surface area contributed by atoms with Gasteiger partial charge in [0.15, 0.2) is 0 Å². The topological polar surface area (TPSA) is 35.5 Å². The Bertz CT molecular complexity index is 657. The number of benzene rings is 1. The highest BCUT2D eigenvalue weighted by Gasteiger charge is 2.41. The molecule has 0 aromatic heterocycles. The van der Waals surface area contributed by atoms with Gasteiger partial charge >= 0.3 is 5.97 Å². The van der Waals surface area contributed by atoms with Crippen LogP contribution < -0.4 is 9.47 Å². The summed E-state index contributed by atoms with van der Waals surface area (Å²) in [6.45, 7) is 11.0. The molecule has 1 unspecified atom stereocenters. The van der Waals surface area contributed by atoms with Crippen molar-refractivity contribution in [3.05, 3.63) is 23.3 Å². The summed E-state index contributed by atoms with van der Waals surface area (Å²) >= 11 is 0. The molecule has 138 valence electrons. The quantitative estimate of drug-likeness (QED) is 0.367. The molecule has 3 nitrogen and oxygen atoms in total. The van der Waals surface area contributed by atoms with Crippen LogP contribution in [0.15, 0.2) is 12.1 Å². The average Bonchev–Trinajstić information content (AvgIpc) is 2.49. The molecule has 1 aromatic rings. The molecule has 3 heteroatoms. The lowest BCUT2D eigenvalue weighted by atomic mass is 9.76. The Morgan fingerprint density at radius 2 is 1.88 bits per heavy atom. The van der Waals surface area contributed by atoms with Crippen LogP contribution in [0.4, 0.5) is 0 Å². The predicted molar refractivity (Wildman–Crippen MR) is 101 cm³/mol. The van der Waals surface area contributed by atoms with Gasteiger partial charge in [-0.25, -0.2) is 0 Å². The lowest BCUT2D eigenvalue weighted by Crippen LogP contribution is -2.38. The summed E-state index contributed by atoms with van der Waals surface area (Å²) in [5.74, 6) is 1.75. The van der Waals surface area contributed by atoms with Crippen LogP contribution in [0.25, 0.3) is 0 Å². The third-order valence-corrected chi connectivity index (χ3v) is 5.71. The Kier molecular flexibility index (Phi) is 4.87. The van der Waals surface area contributed by atoms with Crippen molar-refractivity contribution < 1.29 is 14.3 Å². The largest absolute Gasteiger partial charge is 0.487 e. The van der Waals surface area contributed by atoms with Crippen molar-refractivity contribution in [2.75, 3.05) is 0 Å². The highest BCUT2D eigenvalue weighted by molar-refractivity contribution is 5.78. The second-order valence-corrected chi connectivity index (χ2v) is 9.02. The Labute approximate surface area is 152 Å². The van der Waals surface area contributed by atoms with E-state index in [1.54, 1.807) is 0 Å². The van der Waals surface area contributed by atoms with Gasteiger partial charge in [0.2, 0.25) is 0 Å². The summed E-state index contributed by atoms with van der Waals surface area (Å²) < 4.78 is 11.9. The maximum Gasteiger partial charge on any atom is 0.311 e. The van der Waals surface area contributed by atoms with Crippen LogP contribution in [0.2, 0.25) is 0 Å². The van der Waals surface area contributed by atoms with E-state index in [9.17, 15) is 4.79 Å². The highest BCUT2D eigenvalue weighted by Crippen LogP contribution is 2.51. The molecule has 0 amide bonds. The Balaban J connectivity index is 1.93. The molecule has 0 aliphatic carbocycles. The van der Waals surface area contributed by atoms with Crippen LogP contribution in [0.3, 0.4) is 0 Å². The van der Waals surface area contributed by atoms with Gasteiger partial charge in [-0.15, -0.1) is 0 Å². The summed E-state index contributed by atoms with van der Waals surface area (Å²) in [5, 5.41) is 0. The van der Waals surface area contributed by atoms with Crippen molar-refractivity contribution in [3.8, 4) is 11.5 Å². The summed E-state index contributed by atoms with van der Waals surface area (Å²) in [6, 6.07) is 4.29. The molecule has 0 fully saturated rings. The fourth-order valence-corrected chi connectivity index (χ4v) is 4.28. The molecule has 2 aliphatic heterocycles. The van der Waals surface area contributed by atoms with Crippen LogP contribution in [-0.4, -0.2) is 11.6 Å². The van der Waals surface area contributed by atoms with Crippen molar-refractivity contribution >= 4 is 5.97 Å². The van der Waals surface area contributed by atoms with Crippen LogP contribution in [0.5, 0.6) is 11.5 Å². The summed E-state index contributed by atoms with van der Waals surface area (Å²) in [4.78, 5) is 12.1. The molecule has 0 bridgehead atoms. The van der Waals surface area contributed by atoms with E-state index in [-0.39, 0.29) is 22.9 Å². The number of rotatable bonds is 6. The first kappa shape index (κ1) is 18.3. The number of carbonyl (C=O) groups excluding carboxylic acids is 1. The minimum absolute atomic E-state index is 0.0452. The van der Waals surface area contributed by atoms with Crippen LogP contribution in [0, 0.1) is 0 Å². The fraction of sp³-hybridized carbons (Fsp3) is 0.682. The molecule has 0 saturated heterocycles. The van der Waals surface area contributed by atoms with E-state index in [2.05, 4.69) is 46.8 Å². The SMILES string of the molecule is CCCCCCC(C)(C)c1cc2c3c(c1)OC(C)(C)CC3CC(=O)O2. The fourth-order valence-electron chi connectivity index (χ4n) is 4.28. The smallest absolute Gasteiger partial charge is 0.311 e. The van der Waals surface area contributed by atoms with Gasteiger partial charge in [0.05, 0.1) is 6.42 Å². The monoisotopic (exact) mass is 344 g/mol. The van der Waals surface area contributed by atoms with E-state index in [0.717, 1.165) is 29.9 Å². The van der Waals surface area contributed by atoms with Crippen LogP contribution in [-0.2, 0) is 10.2 Å². The van der Waals surface area contributed by atoms with Crippen molar-refractivity contribution in [3.63, 3.8) is 0 Å². The van der Waals surface area contributed by atoms with Gasteiger partial charge in [0, 0.05) is 11.5 Å². The van der Waals surface area contributed by atoms with Gasteiger partial charge in [-0.05, 0) is 49.8 Å². The van der Waals surface area contributed by atoms with Gasteiger partial charge in [-0.1, -0.05) is 46.5 Å². The third kappa shape index (κ3) is 3.86. The van der Waals surface area contributed by atoms with Gasteiger partial charge < -0.3 is 9.47 Å². The molecule has 0 spiro atoms. The van der Waals surface area contributed by atoms with Gasteiger partial charge in [0.25, 0.3) is 0 Å². The number of unbranched alkanes of at least 4 members (excludes halogenated alkanes) is 3. The summed E-state index contributed by atoms with van der Waals surface area (Å²) in [6.07, 6.45) is 7.51. The van der Waals surface area contributed by atoms with Crippen molar-refractivity contribution in [2.24, 2.45) is 0 Å². The molecule has 2 aliphatic rings. The van der Waals surface area contributed by atoms with Crippen LogP contribution in [0.1, 0.15) is 96.6 Å². The number of hydrogen-bond acceptors (Lipinski definition) is 3. The number of carbonyl (C=O) groups is 1. The van der Waals surface area contributed by atoms with E-state index >= 15 is 0 Å². The van der Waals surface area contributed by atoms with E-state index in [4.69, 9.17) is 9.47 Å². The van der Waals surface area contributed by atoms with E-state index in [1.165, 1.54) is 31.2 Å². The molecule has 1 aromatic carbocycles. The molecule has 2 heterocycles. The first-order valence-electron chi connectivity index (χ1n) is 9.80. The van der Waals surface area contributed by atoms with Crippen molar-refractivity contribution in [1.82, 2.24) is 0 Å². The van der Waals surface area contributed by atoms with E-state index < -0.39 is 0 Å². The normalized spacial score (nSPS) is 21.3. The zero-order valence-corrected chi connectivity index (χ0v) is 16.4. The zero-order valence-electron chi connectivity index (χ0n) is 16.4. The first-order valence-corrected chi connectivity index (χ1v) is 9.80. The molecular weight excluding hydrogens is 312 g/mol. The molecule has 1 atom stereocenters. The summed E-state index contributed by atoms with van der Waals surface area (Å²) in [7, 11) is 0. The first-order chi connectivity index (χ1) is 11.7. The minimum Gasteiger partial charge on any atom is -0.487 e. The van der Waals surface area contributed by atoms with Crippen LogP contribution >= 0.6 is 0 Å². The number of esters is 1. The molecule has 0 N–H and O–H groups in total. The predicted octanol–water partition coefficient (Wildman–Crippen LogP) is 5.89. The lowest BCUT2D eigenvalue weighted by Gasteiger charge is -2.41. The average molecular weight is 344 g/mol. The maximum atomic E-state index is 12.1. The van der Waals surface area contributed by atoms with Gasteiger partial charge in [-0.3, -0.25) is 4.79 Å². The summed E-state index contributed by atoms with van der Waals surface area (Å²) in [5.41, 5.74) is 2.12. The van der Waals surface area contributed by atoms with Gasteiger partial charge in [0.1, 0.15) is 17.1 Å². The second-order valence-electron chi connectivity index (χ2n) is 9.02. The third-order valence-electron chi connectivity index (χ3n) is 5.71. The number of hydrogen-bond donors (Lipinski definition) is 0. The highest BCUT2D eigenvalue weighted by atomic mass is 16.5. The lowest BCUT2D eigenvalue weighted by molar-refractivity contribution is -0.136. The maximum absolute atomic E-state index is 12.1. The Morgan fingerprint density at radius 3 is 2.60 bits per heavy atom. The van der Waals surface area contributed by atoms with Crippen molar-refractivity contribution in [1.29, 1.82) is 0 Å². The second kappa shape index (κ2) is 6.66. The van der Waals surface area contributed by atoms with Gasteiger partial charge in [-0.2, -0.15) is 0 Å². The molecule has 3 rings (SSSR count).